The molecule has 3 rings (SSSR count). The fraction of sp³-hybridized carbons (Fsp3) is 0.667. The van der Waals surface area contributed by atoms with Crippen molar-refractivity contribution in [3.05, 3.63) is 12.2 Å². The minimum atomic E-state index is -0.625. The van der Waals surface area contributed by atoms with Crippen molar-refractivity contribution in [2.45, 2.75) is 12.5 Å². The molecule has 0 unspecified atom stereocenters. The van der Waals surface area contributed by atoms with Gasteiger partial charge in [0.15, 0.2) is 5.78 Å². The molecule has 0 aromatic rings. The van der Waals surface area contributed by atoms with Gasteiger partial charge in [-0.15, -0.1) is 0 Å². The van der Waals surface area contributed by atoms with Crippen LogP contribution in [0.4, 0.5) is 0 Å². The molecule has 2 nitrogen and oxygen atoms in total. The van der Waals surface area contributed by atoms with Crippen LogP contribution >= 0.6 is 0 Å². The molecule has 58 valence electrons. The zero-order valence-corrected chi connectivity index (χ0v) is 6.10. The molecule has 3 aliphatic rings. The van der Waals surface area contributed by atoms with E-state index in [0.29, 0.717) is 11.8 Å². The highest BCUT2D eigenvalue weighted by molar-refractivity contribution is 5.93. The van der Waals surface area contributed by atoms with E-state index in [1.54, 1.807) is 0 Å². The van der Waals surface area contributed by atoms with Crippen LogP contribution < -0.4 is 0 Å². The molecule has 11 heavy (non-hydrogen) atoms. The number of rotatable bonds is 0. The zero-order valence-electron chi connectivity index (χ0n) is 6.10. The second-order valence-electron chi connectivity index (χ2n) is 3.90. The molecular formula is C9H10O2. The van der Waals surface area contributed by atoms with Crippen LogP contribution in [0, 0.1) is 23.7 Å². The van der Waals surface area contributed by atoms with Crippen molar-refractivity contribution in [1.82, 2.24) is 0 Å². The van der Waals surface area contributed by atoms with Gasteiger partial charge in [0.1, 0.15) is 6.10 Å². The fourth-order valence-corrected chi connectivity index (χ4v) is 2.96. The lowest BCUT2D eigenvalue weighted by Gasteiger charge is -2.40. The van der Waals surface area contributed by atoms with Crippen molar-refractivity contribution in [2.75, 3.05) is 0 Å². The number of carbonyl (C=O) groups is 1. The first-order valence-corrected chi connectivity index (χ1v) is 4.19. The number of allylic oxidation sites excluding steroid dienone is 2. The van der Waals surface area contributed by atoms with Crippen LogP contribution in [0.3, 0.4) is 0 Å². The first-order chi connectivity index (χ1) is 5.29. The van der Waals surface area contributed by atoms with Crippen LogP contribution in [-0.2, 0) is 4.79 Å². The lowest BCUT2D eigenvalue weighted by atomic mass is 9.65. The van der Waals surface area contributed by atoms with E-state index < -0.39 is 6.10 Å². The zero-order chi connectivity index (χ0) is 7.59. The monoisotopic (exact) mass is 150 g/mol. The lowest BCUT2D eigenvalue weighted by Crippen LogP contribution is -2.53. The van der Waals surface area contributed by atoms with Gasteiger partial charge in [-0.25, -0.2) is 0 Å². The maximum absolute atomic E-state index is 11.1. The Labute approximate surface area is 64.9 Å². The van der Waals surface area contributed by atoms with Crippen LogP contribution in [0.2, 0.25) is 0 Å². The van der Waals surface area contributed by atoms with Crippen LogP contribution in [-0.4, -0.2) is 17.0 Å². The van der Waals surface area contributed by atoms with Gasteiger partial charge in [-0.3, -0.25) is 4.79 Å². The molecular weight excluding hydrogens is 140 g/mol. The van der Waals surface area contributed by atoms with Crippen LogP contribution in [0.1, 0.15) is 6.42 Å². The molecule has 2 bridgehead atoms. The van der Waals surface area contributed by atoms with E-state index in [2.05, 4.69) is 12.2 Å². The molecule has 2 fully saturated rings. The Morgan fingerprint density at radius 3 is 2.82 bits per heavy atom. The van der Waals surface area contributed by atoms with Crippen LogP contribution in [0.25, 0.3) is 0 Å². The fourth-order valence-electron chi connectivity index (χ4n) is 2.96. The minimum Gasteiger partial charge on any atom is -0.385 e. The predicted octanol–water partition coefficient (Wildman–Crippen LogP) is 0.368. The number of Topliss-reactive ketones (excluding diaryl/α,β-unsaturated/α-hetero) is 1. The average Bonchev–Trinajstić information content (AvgIpc) is 2.58. The van der Waals surface area contributed by atoms with Gasteiger partial charge >= 0.3 is 0 Å². The van der Waals surface area contributed by atoms with E-state index in [1.165, 1.54) is 0 Å². The first-order valence-electron chi connectivity index (χ1n) is 4.19. The number of ketones is 1. The van der Waals surface area contributed by atoms with Gasteiger partial charge in [-0.05, 0) is 18.3 Å². The van der Waals surface area contributed by atoms with Gasteiger partial charge < -0.3 is 5.11 Å². The molecule has 3 aliphatic carbocycles. The van der Waals surface area contributed by atoms with Crippen molar-refractivity contribution >= 4 is 5.78 Å². The summed E-state index contributed by atoms with van der Waals surface area (Å²) in [5, 5.41) is 9.33. The number of hydrogen-bond donors (Lipinski definition) is 1. The van der Waals surface area contributed by atoms with E-state index in [4.69, 9.17) is 0 Å². The molecule has 1 N–H and O–H groups in total. The lowest BCUT2D eigenvalue weighted by molar-refractivity contribution is -0.153. The van der Waals surface area contributed by atoms with E-state index in [0.717, 1.165) is 6.42 Å². The summed E-state index contributed by atoms with van der Waals surface area (Å²) in [5.41, 5.74) is 0. The molecule has 0 aromatic heterocycles. The summed E-state index contributed by atoms with van der Waals surface area (Å²) < 4.78 is 0. The van der Waals surface area contributed by atoms with Gasteiger partial charge in [-0.1, -0.05) is 12.2 Å². The average molecular weight is 150 g/mol. The third kappa shape index (κ3) is 0.486. The number of fused-ring (bicyclic) bond motifs is 5. The van der Waals surface area contributed by atoms with Crippen molar-refractivity contribution in [3.63, 3.8) is 0 Å². The highest BCUT2D eigenvalue weighted by atomic mass is 16.3. The number of carbonyl (C=O) groups excluding carboxylic acids is 1. The third-order valence-corrected chi connectivity index (χ3v) is 3.50. The number of hydrogen-bond acceptors (Lipinski definition) is 2. The van der Waals surface area contributed by atoms with E-state index in [9.17, 15) is 9.90 Å². The van der Waals surface area contributed by atoms with Gasteiger partial charge in [0.25, 0.3) is 0 Å². The molecule has 2 heteroatoms. The predicted molar refractivity (Wildman–Crippen MR) is 38.7 cm³/mol. The Balaban J connectivity index is 2.01. The number of aliphatic hydroxyl groups is 1. The Kier molecular flexibility index (Phi) is 0.856. The second-order valence-corrected chi connectivity index (χ2v) is 3.90. The Morgan fingerprint density at radius 2 is 2.09 bits per heavy atom. The summed E-state index contributed by atoms with van der Waals surface area (Å²) in [4.78, 5) is 11.1. The van der Waals surface area contributed by atoms with Crippen molar-refractivity contribution in [2.24, 2.45) is 23.7 Å². The normalized spacial score (nSPS) is 57.9. The quantitative estimate of drug-likeness (QED) is 0.506. The summed E-state index contributed by atoms with van der Waals surface area (Å²) in [6, 6.07) is 0. The summed E-state index contributed by atoms with van der Waals surface area (Å²) in [7, 11) is 0. The third-order valence-electron chi connectivity index (χ3n) is 3.50. The second kappa shape index (κ2) is 1.58. The van der Waals surface area contributed by atoms with Gasteiger partial charge in [-0.2, -0.15) is 0 Å². The highest BCUT2D eigenvalue weighted by Crippen LogP contribution is 2.55. The maximum Gasteiger partial charge on any atom is 0.165 e. The topological polar surface area (TPSA) is 37.3 Å². The minimum absolute atomic E-state index is 0.0897. The Hall–Kier alpha value is -0.630. The molecule has 0 saturated heterocycles. The molecule has 5 atom stereocenters. The molecule has 0 aliphatic heterocycles. The summed E-state index contributed by atoms with van der Waals surface area (Å²) in [6.45, 7) is 0. The molecule has 0 aromatic carbocycles. The highest BCUT2D eigenvalue weighted by Gasteiger charge is 2.60. The summed E-state index contributed by atoms with van der Waals surface area (Å²) in [6.07, 6.45) is 4.80. The van der Waals surface area contributed by atoms with Crippen molar-refractivity contribution in [3.8, 4) is 0 Å². The smallest absolute Gasteiger partial charge is 0.165 e. The van der Waals surface area contributed by atoms with Crippen molar-refractivity contribution in [1.29, 1.82) is 0 Å². The van der Waals surface area contributed by atoms with E-state index in [1.807, 2.05) is 0 Å². The first kappa shape index (κ1) is 5.95. The van der Waals surface area contributed by atoms with Gasteiger partial charge in [0.05, 0.1) is 0 Å². The Morgan fingerprint density at radius 1 is 1.36 bits per heavy atom. The van der Waals surface area contributed by atoms with Gasteiger partial charge in [0.2, 0.25) is 0 Å². The van der Waals surface area contributed by atoms with Gasteiger partial charge in [0, 0.05) is 11.8 Å². The molecule has 0 heterocycles. The number of aliphatic hydroxyl groups excluding tert-OH is 1. The maximum atomic E-state index is 11.1. The molecule has 0 spiro atoms. The molecule has 0 amide bonds. The molecule has 2 saturated carbocycles. The largest absolute Gasteiger partial charge is 0.385 e. The SMILES string of the molecule is O=C1[C@H]2[C@@H]([C@H]3C=C[C@H]2C3)[C@H]1O. The summed E-state index contributed by atoms with van der Waals surface area (Å²) >= 11 is 0. The Bertz CT molecular complexity index is 256. The van der Waals surface area contributed by atoms with Crippen LogP contribution in [0.15, 0.2) is 12.2 Å². The van der Waals surface area contributed by atoms with Crippen molar-refractivity contribution < 1.29 is 9.90 Å². The molecule has 0 radical (unpaired) electrons. The summed E-state index contributed by atoms with van der Waals surface area (Å²) in [5.74, 6) is 1.56. The van der Waals surface area contributed by atoms with Crippen LogP contribution in [0.5, 0.6) is 0 Å². The standard InChI is InChI=1S/C9H10O2/c10-8-6-4-1-2-5(3-4)7(6)9(8)11/h1-2,4-8,10H,3H2/t4-,5-,6+,7+,8+/m0/s1. The van der Waals surface area contributed by atoms with E-state index in [-0.39, 0.29) is 17.6 Å². The van der Waals surface area contributed by atoms with E-state index >= 15 is 0 Å².